The maximum atomic E-state index is 13.0. The first kappa shape index (κ1) is 17.9. The zero-order valence-electron chi connectivity index (χ0n) is 14.7. The topological polar surface area (TPSA) is 29.4 Å². The molecule has 0 heterocycles. The SMILES string of the molecule is Cc1ccc(C(=O)C(=C=Nc2ccc(Cl)cc2)c2ccc(C)cc2)cc1. The molecule has 0 unspecified atom stereocenters. The zero-order valence-corrected chi connectivity index (χ0v) is 15.4. The van der Waals surface area contributed by atoms with Crippen LogP contribution in [0.1, 0.15) is 27.0 Å². The standard InChI is InChI=1S/C23H18ClNO/c1-16-3-7-18(8-4-16)22(15-25-21-13-11-20(24)12-14-21)23(26)19-9-5-17(2)6-10-19/h3-14H,1-2H3. The second-order valence-corrected chi connectivity index (χ2v) is 6.57. The summed E-state index contributed by atoms with van der Waals surface area (Å²) in [5, 5.41) is 0.641. The molecule has 0 aliphatic heterocycles. The van der Waals surface area contributed by atoms with Crippen LogP contribution >= 0.6 is 11.6 Å². The smallest absolute Gasteiger partial charge is 0.202 e. The van der Waals surface area contributed by atoms with Gasteiger partial charge in [-0.1, -0.05) is 71.3 Å². The lowest BCUT2D eigenvalue weighted by Gasteiger charge is -2.05. The van der Waals surface area contributed by atoms with Crippen molar-refractivity contribution < 1.29 is 4.79 Å². The largest absolute Gasteiger partial charge is 0.288 e. The van der Waals surface area contributed by atoms with Crippen molar-refractivity contribution in [2.24, 2.45) is 4.99 Å². The van der Waals surface area contributed by atoms with Crippen LogP contribution in [0, 0.1) is 13.8 Å². The lowest BCUT2D eigenvalue weighted by molar-refractivity contribution is 0.105. The van der Waals surface area contributed by atoms with Gasteiger partial charge < -0.3 is 0 Å². The molecule has 0 fully saturated rings. The zero-order chi connectivity index (χ0) is 18.5. The van der Waals surface area contributed by atoms with Gasteiger partial charge in [0.1, 0.15) is 0 Å². The molecule has 0 aliphatic rings. The lowest BCUT2D eigenvalue weighted by atomic mass is 9.97. The van der Waals surface area contributed by atoms with Crippen molar-refractivity contribution in [3.63, 3.8) is 0 Å². The van der Waals surface area contributed by atoms with Crippen LogP contribution in [-0.2, 0) is 0 Å². The molecule has 3 rings (SSSR count). The van der Waals surface area contributed by atoms with Crippen LogP contribution in [0.3, 0.4) is 0 Å². The molecule has 0 bridgehead atoms. The molecule has 26 heavy (non-hydrogen) atoms. The predicted octanol–water partition coefficient (Wildman–Crippen LogP) is 6.22. The second-order valence-electron chi connectivity index (χ2n) is 6.14. The lowest BCUT2D eigenvalue weighted by Crippen LogP contribution is -2.03. The molecule has 2 nitrogen and oxygen atoms in total. The number of hydrogen-bond donors (Lipinski definition) is 0. The van der Waals surface area contributed by atoms with E-state index in [9.17, 15) is 4.79 Å². The monoisotopic (exact) mass is 359 g/mol. The quantitative estimate of drug-likeness (QED) is 0.308. The predicted molar refractivity (Wildman–Crippen MR) is 109 cm³/mol. The summed E-state index contributed by atoms with van der Waals surface area (Å²) in [6.45, 7) is 4.00. The Bertz CT molecular complexity index is 978. The highest BCUT2D eigenvalue weighted by Gasteiger charge is 2.14. The van der Waals surface area contributed by atoms with Crippen LogP contribution in [0.15, 0.2) is 77.8 Å². The molecular formula is C23H18ClNO. The Hall–Kier alpha value is -2.93. The average Bonchev–Trinajstić information content (AvgIpc) is 2.65. The van der Waals surface area contributed by atoms with Gasteiger partial charge in [0.25, 0.3) is 0 Å². The molecular weight excluding hydrogens is 342 g/mol. The second kappa shape index (κ2) is 7.97. The Kier molecular flexibility index (Phi) is 5.48. The van der Waals surface area contributed by atoms with E-state index in [4.69, 9.17) is 11.6 Å². The number of ketones is 1. The van der Waals surface area contributed by atoms with Gasteiger partial charge >= 0.3 is 0 Å². The summed E-state index contributed by atoms with van der Waals surface area (Å²) in [6.07, 6.45) is 0. The molecule has 0 N–H and O–H groups in total. The van der Waals surface area contributed by atoms with Crippen LogP contribution < -0.4 is 0 Å². The van der Waals surface area contributed by atoms with Gasteiger partial charge in [0.15, 0.2) is 0 Å². The average molecular weight is 360 g/mol. The van der Waals surface area contributed by atoms with Gasteiger partial charge in [0, 0.05) is 16.5 Å². The number of carbonyl (C=O) groups is 1. The number of allylic oxidation sites excluding steroid dienone is 1. The summed E-state index contributed by atoms with van der Waals surface area (Å²) in [4.78, 5) is 17.4. The van der Waals surface area contributed by atoms with Crippen molar-refractivity contribution in [1.82, 2.24) is 0 Å². The van der Waals surface area contributed by atoms with Gasteiger partial charge in [-0.05, 0) is 43.7 Å². The maximum absolute atomic E-state index is 13.0. The molecule has 0 aliphatic carbocycles. The third kappa shape index (κ3) is 4.37. The van der Waals surface area contributed by atoms with Crippen LogP contribution in [0.25, 0.3) is 5.57 Å². The Labute approximate surface area is 158 Å². The Morgan fingerprint density at radius 3 is 1.81 bits per heavy atom. The van der Waals surface area contributed by atoms with Gasteiger partial charge in [-0.25, -0.2) is 4.99 Å². The van der Waals surface area contributed by atoms with Crippen LogP contribution in [0.5, 0.6) is 0 Å². The van der Waals surface area contributed by atoms with E-state index in [0.29, 0.717) is 21.8 Å². The van der Waals surface area contributed by atoms with E-state index >= 15 is 0 Å². The third-order valence-corrected chi connectivity index (χ3v) is 4.26. The van der Waals surface area contributed by atoms with Gasteiger partial charge in [0.05, 0.1) is 11.3 Å². The summed E-state index contributed by atoms with van der Waals surface area (Å²) in [6, 6.07) is 22.4. The molecule has 3 aromatic rings. The Morgan fingerprint density at radius 1 is 0.769 bits per heavy atom. The molecule has 0 saturated carbocycles. The molecule has 3 heteroatoms. The molecule has 0 saturated heterocycles. The number of rotatable bonds is 4. The first-order valence-electron chi connectivity index (χ1n) is 8.30. The molecule has 0 spiro atoms. The minimum atomic E-state index is -0.105. The van der Waals surface area contributed by atoms with Crippen molar-refractivity contribution in [1.29, 1.82) is 0 Å². The van der Waals surface area contributed by atoms with E-state index < -0.39 is 0 Å². The first-order chi connectivity index (χ1) is 12.5. The van der Waals surface area contributed by atoms with Gasteiger partial charge in [0.2, 0.25) is 5.78 Å². The summed E-state index contributed by atoms with van der Waals surface area (Å²) in [7, 11) is 0. The van der Waals surface area contributed by atoms with E-state index in [1.165, 1.54) is 0 Å². The summed E-state index contributed by atoms with van der Waals surface area (Å²) >= 11 is 5.91. The summed E-state index contributed by atoms with van der Waals surface area (Å²) < 4.78 is 0. The number of hydrogen-bond acceptors (Lipinski definition) is 2. The van der Waals surface area contributed by atoms with E-state index in [2.05, 4.69) is 10.9 Å². The number of nitrogens with zero attached hydrogens (tertiary/aromatic N) is 1. The highest BCUT2D eigenvalue weighted by atomic mass is 35.5. The fourth-order valence-corrected chi connectivity index (χ4v) is 2.58. The summed E-state index contributed by atoms with van der Waals surface area (Å²) in [5.41, 5.74) is 4.77. The van der Waals surface area contributed by atoms with E-state index in [1.807, 2.05) is 62.4 Å². The molecule has 128 valence electrons. The highest BCUT2D eigenvalue weighted by Crippen LogP contribution is 2.20. The van der Waals surface area contributed by atoms with Crippen molar-refractivity contribution in [3.05, 3.63) is 100 Å². The van der Waals surface area contributed by atoms with Crippen molar-refractivity contribution in [2.45, 2.75) is 13.8 Å². The third-order valence-electron chi connectivity index (χ3n) is 4.00. The van der Waals surface area contributed by atoms with E-state index in [1.54, 1.807) is 24.3 Å². The van der Waals surface area contributed by atoms with Gasteiger partial charge in [-0.3, -0.25) is 4.79 Å². The Balaban J connectivity index is 2.08. The molecule has 0 atom stereocenters. The number of halogens is 1. The molecule has 3 aromatic carbocycles. The van der Waals surface area contributed by atoms with E-state index in [-0.39, 0.29) is 5.78 Å². The number of Topliss-reactive ketones (excluding diaryl/α,β-unsaturated/α-hetero) is 1. The Morgan fingerprint density at radius 2 is 1.27 bits per heavy atom. The van der Waals surface area contributed by atoms with E-state index in [0.717, 1.165) is 16.7 Å². The van der Waals surface area contributed by atoms with Crippen LogP contribution in [0.2, 0.25) is 5.02 Å². The van der Waals surface area contributed by atoms with Crippen molar-refractivity contribution in [3.8, 4) is 0 Å². The van der Waals surface area contributed by atoms with Crippen molar-refractivity contribution in [2.75, 3.05) is 0 Å². The van der Waals surface area contributed by atoms with Gasteiger partial charge in [-0.15, -0.1) is 0 Å². The van der Waals surface area contributed by atoms with Crippen LogP contribution in [0.4, 0.5) is 5.69 Å². The maximum Gasteiger partial charge on any atom is 0.202 e. The molecule has 0 amide bonds. The van der Waals surface area contributed by atoms with Gasteiger partial charge in [-0.2, -0.15) is 0 Å². The highest BCUT2D eigenvalue weighted by molar-refractivity contribution is 6.35. The number of benzene rings is 3. The molecule has 0 aromatic heterocycles. The molecule has 0 radical (unpaired) electrons. The normalized spacial score (nSPS) is 10.1. The summed E-state index contributed by atoms with van der Waals surface area (Å²) in [5.74, 6) is 2.85. The fraction of sp³-hybridized carbons (Fsp3) is 0.0870. The number of aryl methyl sites for hydroxylation is 2. The minimum Gasteiger partial charge on any atom is -0.288 e. The first-order valence-corrected chi connectivity index (χ1v) is 8.68. The number of aliphatic imine (C=N–C) groups is 1. The van der Waals surface area contributed by atoms with Crippen LogP contribution in [-0.4, -0.2) is 11.7 Å². The minimum absolute atomic E-state index is 0.105. The van der Waals surface area contributed by atoms with Crippen molar-refractivity contribution >= 4 is 34.5 Å². The fourth-order valence-electron chi connectivity index (χ4n) is 2.45. The number of carbonyl (C=O) groups excluding carboxylic acids is 1.